The standard InChI is InChI=1S/C12H20N2OS/c1-4-10-6-7-16-11(10)12(15)14-8-9(3)13-5-2/h6-7,9,13H,4-5,8H2,1-3H3,(H,14,15)/t9-/m1/s1. The molecule has 0 radical (unpaired) electrons. The third-order valence-electron chi connectivity index (χ3n) is 2.46. The maximum absolute atomic E-state index is 11.9. The van der Waals surface area contributed by atoms with E-state index in [-0.39, 0.29) is 5.91 Å². The number of amides is 1. The van der Waals surface area contributed by atoms with E-state index >= 15 is 0 Å². The van der Waals surface area contributed by atoms with E-state index in [9.17, 15) is 4.79 Å². The third kappa shape index (κ3) is 3.61. The van der Waals surface area contributed by atoms with Crippen LogP contribution < -0.4 is 10.6 Å². The predicted octanol–water partition coefficient (Wildman–Crippen LogP) is 2.04. The smallest absolute Gasteiger partial charge is 0.261 e. The fourth-order valence-electron chi connectivity index (χ4n) is 1.56. The Hall–Kier alpha value is -0.870. The number of likely N-dealkylation sites (N-methyl/N-ethyl adjacent to an activating group) is 1. The van der Waals surface area contributed by atoms with Crippen molar-refractivity contribution < 1.29 is 4.79 Å². The first-order valence-electron chi connectivity index (χ1n) is 5.77. The van der Waals surface area contributed by atoms with Crippen molar-refractivity contribution >= 4 is 17.2 Å². The fourth-order valence-corrected chi connectivity index (χ4v) is 2.47. The van der Waals surface area contributed by atoms with Crippen LogP contribution in [0.5, 0.6) is 0 Å². The highest BCUT2D eigenvalue weighted by molar-refractivity contribution is 7.12. The molecule has 1 rings (SSSR count). The zero-order valence-electron chi connectivity index (χ0n) is 10.2. The van der Waals surface area contributed by atoms with E-state index in [0.717, 1.165) is 23.4 Å². The average molecular weight is 240 g/mol. The molecule has 0 aliphatic rings. The molecule has 1 amide bonds. The molecule has 0 saturated heterocycles. The quantitative estimate of drug-likeness (QED) is 0.799. The van der Waals surface area contributed by atoms with Gasteiger partial charge in [0.1, 0.15) is 0 Å². The SMILES string of the molecule is CCN[C@H](C)CNC(=O)c1sccc1CC. The van der Waals surface area contributed by atoms with Crippen LogP contribution in [0.3, 0.4) is 0 Å². The Balaban J connectivity index is 2.46. The van der Waals surface area contributed by atoms with Gasteiger partial charge >= 0.3 is 0 Å². The topological polar surface area (TPSA) is 41.1 Å². The summed E-state index contributed by atoms with van der Waals surface area (Å²) < 4.78 is 0. The molecular weight excluding hydrogens is 220 g/mol. The second-order valence-corrected chi connectivity index (χ2v) is 4.71. The molecule has 0 aromatic carbocycles. The van der Waals surface area contributed by atoms with E-state index in [1.165, 1.54) is 11.3 Å². The fraction of sp³-hybridized carbons (Fsp3) is 0.583. The molecule has 2 N–H and O–H groups in total. The Morgan fingerprint density at radius 3 is 2.88 bits per heavy atom. The van der Waals surface area contributed by atoms with Gasteiger partial charge in [-0.05, 0) is 36.9 Å². The minimum Gasteiger partial charge on any atom is -0.350 e. The number of rotatable bonds is 6. The molecule has 1 aromatic heterocycles. The second kappa shape index (κ2) is 6.66. The van der Waals surface area contributed by atoms with Crippen LogP contribution in [0.25, 0.3) is 0 Å². The molecule has 0 saturated carbocycles. The summed E-state index contributed by atoms with van der Waals surface area (Å²) in [6.07, 6.45) is 0.912. The molecule has 1 aromatic rings. The summed E-state index contributed by atoms with van der Waals surface area (Å²) in [6.45, 7) is 7.80. The lowest BCUT2D eigenvalue weighted by Gasteiger charge is -2.13. The highest BCUT2D eigenvalue weighted by atomic mass is 32.1. The van der Waals surface area contributed by atoms with Crippen molar-refractivity contribution in [3.05, 3.63) is 21.9 Å². The number of carbonyl (C=O) groups excluding carboxylic acids is 1. The molecular formula is C12H20N2OS. The van der Waals surface area contributed by atoms with Crippen LogP contribution in [-0.2, 0) is 6.42 Å². The van der Waals surface area contributed by atoms with Crippen molar-refractivity contribution in [2.24, 2.45) is 0 Å². The highest BCUT2D eigenvalue weighted by Crippen LogP contribution is 2.16. The van der Waals surface area contributed by atoms with Crippen LogP contribution in [0.15, 0.2) is 11.4 Å². The van der Waals surface area contributed by atoms with Gasteiger partial charge < -0.3 is 10.6 Å². The number of nitrogens with one attached hydrogen (secondary N) is 2. The predicted molar refractivity (Wildman–Crippen MR) is 69.2 cm³/mol. The molecule has 0 unspecified atom stereocenters. The molecule has 0 spiro atoms. The monoisotopic (exact) mass is 240 g/mol. The van der Waals surface area contributed by atoms with Crippen LogP contribution in [-0.4, -0.2) is 25.0 Å². The minimum atomic E-state index is 0.0524. The first-order valence-corrected chi connectivity index (χ1v) is 6.64. The minimum absolute atomic E-state index is 0.0524. The Morgan fingerprint density at radius 2 is 2.25 bits per heavy atom. The van der Waals surface area contributed by atoms with E-state index in [2.05, 4.69) is 31.4 Å². The summed E-state index contributed by atoms with van der Waals surface area (Å²) >= 11 is 1.51. The summed E-state index contributed by atoms with van der Waals surface area (Å²) in [5.74, 6) is 0.0524. The normalized spacial score (nSPS) is 12.4. The van der Waals surface area contributed by atoms with Crippen LogP contribution in [0, 0.1) is 0 Å². The Kier molecular flexibility index (Phi) is 5.49. The lowest BCUT2D eigenvalue weighted by Crippen LogP contribution is -2.38. The lowest BCUT2D eigenvalue weighted by atomic mass is 10.2. The molecule has 1 atom stereocenters. The van der Waals surface area contributed by atoms with Crippen LogP contribution in [0.4, 0.5) is 0 Å². The van der Waals surface area contributed by atoms with Crippen LogP contribution in [0.1, 0.15) is 36.0 Å². The number of hydrogen-bond acceptors (Lipinski definition) is 3. The van der Waals surface area contributed by atoms with Gasteiger partial charge in [0, 0.05) is 12.6 Å². The zero-order chi connectivity index (χ0) is 12.0. The van der Waals surface area contributed by atoms with Crippen molar-refractivity contribution in [2.45, 2.75) is 33.2 Å². The van der Waals surface area contributed by atoms with Crippen molar-refractivity contribution in [1.29, 1.82) is 0 Å². The van der Waals surface area contributed by atoms with E-state index in [1.54, 1.807) is 0 Å². The summed E-state index contributed by atoms with van der Waals surface area (Å²) in [5, 5.41) is 8.19. The maximum atomic E-state index is 11.9. The molecule has 0 fully saturated rings. The van der Waals surface area contributed by atoms with E-state index < -0.39 is 0 Å². The third-order valence-corrected chi connectivity index (χ3v) is 3.41. The number of thiophene rings is 1. The highest BCUT2D eigenvalue weighted by Gasteiger charge is 2.12. The summed E-state index contributed by atoms with van der Waals surface area (Å²) in [4.78, 5) is 12.7. The molecule has 0 aliphatic heterocycles. The maximum Gasteiger partial charge on any atom is 0.261 e. The molecule has 90 valence electrons. The van der Waals surface area contributed by atoms with Crippen molar-refractivity contribution in [3.8, 4) is 0 Å². The van der Waals surface area contributed by atoms with Gasteiger partial charge in [0.05, 0.1) is 4.88 Å². The van der Waals surface area contributed by atoms with Crippen molar-refractivity contribution in [2.75, 3.05) is 13.1 Å². The zero-order valence-corrected chi connectivity index (χ0v) is 11.0. The van der Waals surface area contributed by atoms with Crippen molar-refractivity contribution in [3.63, 3.8) is 0 Å². The van der Waals surface area contributed by atoms with Gasteiger partial charge in [0.2, 0.25) is 0 Å². The van der Waals surface area contributed by atoms with Gasteiger partial charge in [-0.25, -0.2) is 0 Å². The van der Waals surface area contributed by atoms with Gasteiger partial charge in [0.15, 0.2) is 0 Å². The first kappa shape index (κ1) is 13.2. The largest absolute Gasteiger partial charge is 0.350 e. The van der Waals surface area contributed by atoms with E-state index in [4.69, 9.17) is 0 Å². The van der Waals surface area contributed by atoms with Gasteiger partial charge in [-0.2, -0.15) is 0 Å². The van der Waals surface area contributed by atoms with Gasteiger partial charge in [-0.1, -0.05) is 13.8 Å². The van der Waals surface area contributed by atoms with Crippen LogP contribution in [0.2, 0.25) is 0 Å². The number of hydrogen-bond donors (Lipinski definition) is 2. The van der Waals surface area contributed by atoms with Gasteiger partial charge in [0.25, 0.3) is 5.91 Å². The summed E-state index contributed by atoms with van der Waals surface area (Å²) in [5.41, 5.74) is 1.14. The van der Waals surface area contributed by atoms with Crippen molar-refractivity contribution in [1.82, 2.24) is 10.6 Å². The van der Waals surface area contributed by atoms with E-state index in [1.807, 2.05) is 11.4 Å². The second-order valence-electron chi connectivity index (χ2n) is 3.80. The summed E-state index contributed by atoms with van der Waals surface area (Å²) in [7, 11) is 0. The molecule has 4 heteroatoms. The number of aryl methyl sites for hydroxylation is 1. The first-order chi connectivity index (χ1) is 7.69. The van der Waals surface area contributed by atoms with Gasteiger partial charge in [-0.3, -0.25) is 4.79 Å². The lowest BCUT2D eigenvalue weighted by molar-refractivity contribution is 0.0953. The molecule has 1 heterocycles. The van der Waals surface area contributed by atoms with Gasteiger partial charge in [-0.15, -0.1) is 11.3 Å². The molecule has 3 nitrogen and oxygen atoms in total. The number of carbonyl (C=O) groups is 1. The average Bonchev–Trinajstić information content (AvgIpc) is 2.74. The van der Waals surface area contributed by atoms with Crippen LogP contribution >= 0.6 is 11.3 Å². The van der Waals surface area contributed by atoms with E-state index in [0.29, 0.717) is 12.6 Å². The molecule has 0 bridgehead atoms. The molecule has 0 aliphatic carbocycles. The summed E-state index contributed by atoms with van der Waals surface area (Å²) in [6, 6.07) is 2.34. The Labute approximate surface area is 101 Å². The molecule has 16 heavy (non-hydrogen) atoms. The Morgan fingerprint density at radius 1 is 1.50 bits per heavy atom. The Bertz CT molecular complexity index is 336.